The van der Waals surface area contributed by atoms with Crippen LogP contribution in [0.3, 0.4) is 0 Å². The van der Waals surface area contributed by atoms with Crippen molar-refractivity contribution in [2.24, 2.45) is 5.73 Å². The Kier molecular flexibility index (Phi) is 3.38. The van der Waals surface area contributed by atoms with Gasteiger partial charge >= 0.3 is 0 Å². The van der Waals surface area contributed by atoms with Crippen LogP contribution in [0.15, 0.2) is 47.4 Å². The number of aryl methyl sites for hydroxylation is 2. The number of rotatable bonds is 2. The van der Waals surface area contributed by atoms with Crippen molar-refractivity contribution >= 4 is 11.8 Å². The zero-order valence-electron chi connectivity index (χ0n) is 11.4. The lowest BCUT2D eigenvalue weighted by Gasteiger charge is -2.22. The third kappa shape index (κ3) is 2.31. The minimum Gasteiger partial charge on any atom is -0.323 e. The van der Waals surface area contributed by atoms with Gasteiger partial charge in [0.25, 0.3) is 0 Å². The Balaban J connectivity index is 1.95. The van der Waals surface area contributed by atoms with E-state index in [0.717, 1.165) is 5.75 Å². The Morgan fingerprint density at radius 1 is 1.16 bits per heavy atom. The lowest BCUT2D eigenvalue weighted by molar-refractivity contribution is 0.604. The molecule has 1 heterocycles. The molecule has 0 spiro atoms. The minimum atomic E-state index is 0.0942. The van der Waals surface area contributed by atoms with Crippen molar-refractivity contribution in [2.75, 3.05) is 5.75 Å². The highest BCUT2D eigenvalue weighted by molar-refractivity contribution is 7.99. The summed E-state index contributed by atoms with van der Waals surface area (Å²) in [6.45, 7) is 4.29. The van der Waals surface area contributed by atoms with Gasteiger partial charge in [-0.05, 0) is 36.6 Å². The number of nitrogens with two attached hydrogens (primary N) is 1. The van der Waals surface area contributed by atoms with Crippen LogP contribution in [0.25, 0.3) is 0 Å². The van der Waals surface area contributed by atoms with Gasteiger partial charge in [0, 0.05) is 22.6 Å². The van der Waals surface area contributed by atoms with Gasteiger partial charge in [-0.15, -0.1) is 11.8 Å². The van der Waals surface area contributed by atoms with Gasteiger partial charge in [-0.1, -0.05) is 42.0 Å². The van der Waals surface area contributed by atoms with Gasteiger partial charge in [-0.25, -0.2) is 0 Å². The summed E-state index contributed by atoms with van der Waals surface area (Å²) < 4.78 is 0. The summed E-state index contributed by atoms with van der Waals surface area (Å²) >= 11 is 1.93. The molecule has 0 bridgehead atoms. The summed E-state index contributed by atoms with van der Waals surface area (Å²) in [5, 5.41) is 0. The quantitative estimate of drug-likeness (QED) is 0.884. The molecule has 0 fully saturated rings. The molecule has 0 amide bonds. The van der Waals surface area contributed by atoms with Gasteiger partial charge in [0.05, 0.1) is 0 Å². The minimum absolute atomic E-state index is 0.0942. The summed E-state index contributed by atoms with van der Waals surface area (Å²) in [4.78, 5) is 1.40. The fourth-order valence-corrected chi connectivity index (χ4v) is 4.21. The highest BCUT2D eigenvalue weighted by Crippen LogP contribution is 2.44. The van der Waals surface area contributed by atoms with Crippen LogP contribution in [-0.4, -0.2) is 5.75 Å². The summed E-state index contributed by atoms with van der Waals surface area (Å²) in [5.41, 5.74) is 11.9. The van der Waals surface area contributed by atoms with Crippen molar-refractivity contribution < 1.29 is 0 Å². The second-order valence-corrected chi connectivity index (χ2v) is 6.40. The molecule has 1 nitrogen and oxygen atoms in total. The Hall–Kier alpha value is -1.25. The number of fused-ring (bicyclic) bond motifs is 1. The molecule has 2 unspecified atom stereocenters. The number of hydrogen-bond acceptors (Lipinski definition) is 2. The number of hydrogen-bond donors (Lipinski definition) is 1. The average molecular weight is 269 g/mol. The Bertz CT molecular complexity index is 606. The molecular formula is C17H19NS. The van der Waals surface area contributed by atoms with E-state index >= 15 is 0 Å². The molecule has 19 heavy (non-hydrogen) atoms. The molecular weight excluding hydrogens is 250 g/mol. The average Bonchev–Trinajstić information content (AvgIpc) is 2.82. The largest absolute Gasteiger partial charge is 0.323 e. The Morgan fingerprint density at radius 2 is 1.95 bits per heavy atom. The van der Waals surface area contributed by atoms with Crippen LogP contribution < -0.4 is 5.73 Å². The van der Waals surface area contributed by atoms with Gasteiger partial charge in [-0.2, -0.15) is 0 Å². The molecule has 0 saturated carbocycles. The van der Waals surface area contributed by atoms with Gasteiger partial charge in [0.15, 0.2) is 0 Å². The van der Waals surface area contributed by atoms with Crippen molar-refractivity contribution in [2.45, 2.75) is 30.7 Å². The normalized spacial score (nSPS) is 19.2. The van der Waals surface area contributed by atoms with Crippen LogP contribution in [-0.2, 0) is 0 Å². The van der Waals surface area contributed by atoms with E-state index in [9.17, 15) is 0 Å². The number of thioether (sulfide) groups is 1. The van der Waals surface area contributed by atoms with Crippen molar-refractivity contribution in [1.82, 2.24) is 0 Å². The van der Waals surface area contributed by atoms with Crippen LogP contribution in [0, 0.1) is 13.8 Å². The lowest BCUT2D eigenvalue weighted by Crippen LogP contribution is -2.20. The second-order valence-electron chi connectivity index (χ2n) is 5.34. The first kappa shape index (κ1) is 12.8. The predicted octanol–water partition coefficient (Wildman–Crippen LogP) is 4.19. The molecule has 2 N–H and O–H groups in total. The summed E-state index contributed by atoms with van der Waals surface area (Å²) in [5.74, 6) is 1.52. The Labute approximate surface area is 119 Å². The third-order valence-corrected chi connectivity index (χ3v) is 5.16. The highest BCUT2D eigenvalue weighted by Gasteiger charge is 2.29. The van der Waals surface area contributed by atoms with Crippen molar-refractivity contribution in [3.8, 4) is 0 Å². The first-order valence-electron chi connectivity index (χ1n) is 6.71. The van der Waals surface area contributed by atoms with Crippen LogP contribution in [0.5, 0.6) is 0 Å². The standard InChI is InChI=1S/C17H19NS/c1-11-7-8-13(12(2)9-11)17(18)15-10-19-16-6-4-3-5-14(15)16/h3-9,15,17H,10,18H2,1-2H3. The molecule has 2 atom stereocenters. The molecule has 2 aromatic rings. The zero-order chi connectivity index (χ0) is 13.4. The van der Waals surface area contributed by atoms with Crippen LogP contribution >= 0.6 is 11.8 Å². The van der Waals surface area contributed by atoms with Crippen molar-refractivity contribution in [3.05, 3.63) is 64.7 Å². The van der Waals surface area contributed by atoms with E-state index in [0.29, 0.717) is 5.92 Å². The maximum absolute atomic E-state index is 6.55. The van der Waals surface area contributed by atoms with E-state index in [4.69, 9.17) is 5.73 Å². The fraction of sp³-hybridized carbons (Fsp3) is 0.294. The zero-order valence-corrected chi connectivity index (χ0v) is 12.2. The van der Waals surface area contributed by atoms with Crippen LogP contribution in [0.2, 0.25) is 0 Å². The van der Waals surface area contributed by atoms with Gasteiger partial charge in [0.1, 0.15) is 0 Å². The van der Waals surface area contributed by atoms with E-state index < -0.39 is 0 Å². The van der Waals surface area contributed by atoms with Crippen molar-refractivity contribution in [3.63, 3.8) is 0 Å². The molecule has 0 radical (unpaired) electrons. The van der Waals surface area contributed by atoms with Crippen molar-refractivity contribution in [1.29, 1.82) is 0 Å². The van der Waals surface area contributed by atoms with Crippen LogP contribution in [0.4, 0.5) is 0 Å². The highest BCUT2D eigenvalue weighted by atomic mass is 32.2. The summed E-state index contributed by atoms with van der Waals surface area (Å²) in [6.07, 6.45) is 0. The molecule has 0 aliphatic carbocycles. The molecule has 3 rings (SSSR count). The smallest absolute Gasteiger partial charge is 0.0375 e. The van der Waals surface area contributed by atoms with Gasteiger partial charge in [-0.3, -0.25) is 0 Å². The molecule has 2 heteroatoms. The van der Waals surface area contributed by atoms with E-state index in [1.54, 1.807) is 0 Å². The monoisotopic (exact) mass is 269 g/mol. The maximum Gasteiger partial charge on any atom is 0.0375 e. The van der Waals surface area contributed by atoms with Crippen LogP contribution in [0.1, 0.15) is 34.2 Å². The van der Waals surface area contributed by atoms with E-state index in [1.807, 2.05) is 11.8 Å². The molecule has 1 aliphatic rings. The molecule has 1 aliphatic heterocycles. The first-order chi connectivity index (χ1) is 9.16. The maximum atomic E-state index is 6.55. The molecule has 2 aromatic carbocycles. The number of benzene rings is 2. The summed E-state index contributed by atoms with van der Waals surface area (Å²) in [7, 11) is 0. The first-order valence-corrected chi connectivity index (χ1v) is 7.70. The van der Waals surface area contributed by atoms with Gasteiger partial charge < -0.3 is 5.73 Å². The third-order valence-electron chi connectivity index (χ3n) is 3.95. The van der Waals surface area contributed by atoms with E-state index in [-0.39, 0.29) is 6.04 Å². The molecule has 0 saturated heterocycles. The predicted molar refractivity (Wildman–Crippen MR) is 82.8 cm³/mol. The Morgan fingerprint density at radius 3 is 2.74 bits per heavy atom. The summed E-state index contributed by atoms with van der Waals surface area (Å²) in [6, 6.07) is 15.3. The topological polar surface area (TPSA) is 26.0 Å². The molecule has 0 aromatic heterocycles. The van der Waals surface area contributed by atoms with E-state index in [2.05, 4.69) is 56.3 Å². The SMILES string of the molecule is Cc1ccc(C(N)C2CSc3ccccc32)c(C)c1. The lowest BCUT2D eigenvalue weighted by atomic mass is 9.87. The fourth-order valence-electron chi connectivity index (χ4n) is 2.90. The molecule has 98 valence electrons. The van der Waals surface area contributed by atoms with Gasteiger partial charge in [0.2, 0.25) is 0 Å². The van der Waals surface area contributed by atoms with E-state index in [1.165, 1.54) is 27.1 Å². The second kappa shape index (κ2) is 5.03.